The second kappa shape index (κ2) is 13.2. The fourth-order valence-electron chi connectivity index (χ4n) is 1.47. The van der Waals surface area contributed by atoms with Crippen LogP contribution in [0.1, 0.15) is 12.8 Å². The molecule has 0 aromatic rings. The van der Waals surface area contributed by atoms with E-state index in [4.69, 9.17) is 0 Å². The number of carboxylic acid groups (broad SMARTS) is 3. The van der Waals surface area contributed by atoms with Crippen LogP contribution in [0.2, 0.25) is 0 Å². The lowest BCUT2D eigenvalue weighted by atomic mass is 10.1. The summed E-state index contributed by atoms with van der Waals surface area (Å²) in [6.45, 7) is -0.750. The summed E-state index contributed by atoms with van der Waals surface area (Å²) in [5.41, 5.74) is 6.67. The lowest BCUT2D eigenvalue weighted by molar-refractivity contribution is -0.438. The van der Waals surface area contributed by atoms with Gasteiger partial charge in [0.1, 0.15) is 18.1 Å². The van der Waals surface area contributed by atoms with Crippen LogP contribution in [0, 0.1) is 0 Å². The van der Waals surface area contributed by atoms with E-state index in [1.54, 1.807) is 0 Å². The molecule has 0 heterocycles. The summed E-state index contributed by atoms with van der Waals surface area (Å²) in [4.78, 5) is 55.5. The molecule has 0 fully saturated rings. The summed E-state index contributed by atoms with van der Waals surface area (Å²) in [5.74, 6) is -5.55. The van der Waals surface area contributed by atoms with Crippen molar-refractivity contribution in [2.45, 2.75) is 31.0 Å². The molecule has 0 spiro atoms. The standard InChI is InChI=1S/C13H22N4O8S2/c14-6(12(22)23)1-2-9(18)17-8(11(21)16-3-10(19)20)5-27-26-4-7(15)13(24)25/h6-8H,1-5,14-15H2,(H,16,21)(H,17,18)(H,19,20)(H,22,23)(H,24,25)/p-1/t6-,7-,8-/m0/s1. The van der Waals surface area contributed by atoms with E-state index in [9.17, 15) is 39.3 Å². The number of nitrogens with one attached hydrogen (secondary N) is 2. The van der Waals surface area contributed by atoms with Crippen molar-refractivity contribution in [1.29, 1.82) is 0 Å². The minimum atomic E-state index is -1.52. The van der Waals surface area contributed by atoms with Gasteiger partial charge in [-0.3, -0.25) is 9.59 Å². The van der Waals surface area contributed by atoms with Crippen LogP contribution in [-0.4, -0.2) is 65.9 Å². The quantitative estimate of drug-likeness (QED) is 0.151. The first-order valence-corrected chi connectivity index (χ1v) is 10.1. The first-order chi connectivity index (χ1) is 12.5. The highest BCUT2D eigenvalue weighted by Gasteiger charge is 2.22. The molecule has 0 radical (unpaired) electrons. The van der Waals surface area contributed by atoms with Gasteiger partial charge in [0.2, 0.25) is 11.8 Å². The molecule has 0 rings (SSSR count). The van der Waals surface area contributed by atoms with Crippen molar-refractivity contribution in [2.75, 3.05) is 18.1 Å². The average Bonchev–Trinajstić information content (AvgIpc) is 2.59. The van der Waals surface area contributed by atoms with Gasteiger partial charge in [-0.1, -0.05) is 21.6 Å². The van der Waals surface area contributed by atoms with Crippen LogP contribution in [0.3, 0.4) is 0 Å². The molecule has 0 saturated heterocycles. The monoisotopic (exact) mass is 425 g/mol. The van der Waals surface area contributed by atoms with Crippen molar-refractivity contribution in [3.63, 3.8) is 0 Å². The van der Waals surface area contributed by atoms with Gasteiger partial charge in [-0.2, -0.15) is 0 Å². The predicted molar refractivity (Wildman–Crippen MR) is 87.5 cm³/mol. The van der Waals surface area contributed by atoms with Gasteiger partial charge in [0.15, 0.2) is 0 Å². The zero-order valence-corrected chi connectivity index (χ0v) is 15.9. The molecule has 2 amide bonds. The van der Waals surface area contributed by atoms with Gasteiger partial charge in [-0.05, 0) is 0 Å². The number of amides is 2. The van der Waals surface area contributed by atoms with Crippen LogP contribution in [0.25, 0.3) is 0 Å². The van der Waals surface area contributed by atoms with Crippen LogP contribution >= 0.6 is 21.6 Å². The van der Waals surface area contributed by atoms with E-state index in [0.717, 1.165) is 21.6 Å². The Morgan fingerprint density at radius 3 is 1.96 bits per heavy atom. The van der Waals surface area contributed by atoms with E-state index in [1.165, 1.54) is 0 Å². The number of carboxylic acids is 3. The van der Waals surface area contributed by atoms with Crippen LogP contribution in [0.5, 0.6) is 0 Å². The van der Waals surface area contributed by atoms with Gasteiger partial charge >= 0.3 is 0 Å². The maximum atomic E-state index is 12.0. The number of carbonyl (C=O) groups excluding carboxylic acids is 5. The third-order valence-corrected chi connectivity index (χ3v) is 5.52. The second-order valence-corrected chi connectivity index (χ2v) is 7.90. The van der Waals surface area contributed by atoms with Crippen LogP contribution in [0.15, 0.2) is 0 Å². The van der Waals surface area contributed by atoms with E-state index in [2.05, 4.69) is 22.1 Å². The fourth-order valence-corrected chi connectivity index (χ4v) is 3.81. The Morgan fingerprint density at radius 1 is 0.889 bits per heavy atom. The molecule has 0 aromatic carbocycles. The van der Waals surface area contributed by atoms with Crippen LogP contribution in [0.4, 0.5) is 0 Å². The van der Waals surface area contributed by atoms with E-state index < -0.39 is 54.4 Å². The normalized spacial score (nSPS) is 13.9. The molecule has 8 N–H and O–H groups in total. The van der Waals surface area contributed by atoms with Gasteiger partial charge in [0.25, 0.3) is 0 Å². The Morgan fingerprint density at radius 2 is 1.44 bits per heavy atom. The SMILES string of the molecule is [NH3+][C@@H](CCC(=O)N[C@@H](CSSC[C@H]([NH3+])C(=O)[O-])C(=O)NCC(=O)[O-])C(=O)[O-]. The molecule has 0 aliphatic heterocycles. The smallest absolute Gasteiger partial charge is 0.243 e. The molecule has 0 saturated carbocycles. The largest absolute Gasteiger partial charge is 0.548 e. The highest BCUT2D eigenvalue weighted by molar-refractivity contribution is 8.76. The Balaban J connectivity index is 4.61. The molecule has 0 bridgehead atoms. The second-order valence-electron chi connectivity index (χ2n) is 5.35. The maximum Gasteiger partial charge on any atom is 0.243 e. The third-order valence-electron chi connectivity index (χ3n) is 3.03. The Labute approximate surface area is 162 Å². The summed E-state index contributed by atoms with van der Waals surface area (Å²) >= 11 is 0. The lowest BCUT2D eigenvalue weighted by Gasteiger charge is -2.19. The first kappa shape index (κ1) is 25.0. The van der Waals surface area contributed by atoms with E-state index in [0.29, 0.717) is 0 Å². The molecule has 0 aliphatic carbocycles. The molecular formula is C13H21N4O8S2-. The summed E-state index contributed by atoms with van der Waals surface area (Å²) in [7, 11) is 2.16. The van der Waals surface area contributed by atoms with Crippen LogP contribution < -0.4 is 37.4 Å². The first-order valence-electron chi connectivity index (χ1n) is 7.63. The molecular weight excluding hydrogens is 404 g/mol. The number of carbonyl (C=O) groups is 5. The van der Waals surface area contributed by atoms with Gasteiger partial charge in [0, 0.05) is 18.6 Å². The summed E-state index contributed by atoms with van der Waals surface area (Å²) < 4.78 is 0. The number of quaternary nitrogens is 2. The molecule has 14 heteroatoms. The zero-order chi connectivity index (χ0) is 21.0. The van der Waals surface area contributed by atoms with Crippen molar-refractivity contribution >= 4 is 51.3 Å². The third kappa shape index (κ3) is 12.1. The molecule has 0 unspecified atom stereocenters. The van der Waals surface area contributed by atoms with Gasteiger partial charge < -0.3 is 51.8 Å². The van der Waals surface area contributed by atoms with Crippen molar-refractivity contribution < 1.29 is 50.8 Å². The average molecular weight is 425 g/mol. The van der Waals surface area contributed by atoms with Crippen molar-refractivity contribution in [1.82, 2.24) is 10.6 Å². The minimum Gasteiger partial charge on any atom is -0.548 e. The fraction of sp³-hybridized carbons (Fsp3) is 0.615. The Bertz CT molecular complexity index is 562. The maximum absolute atomic E-state index is 12.0. The van der Waals surface area contributed by atoms with E-state index in [1.807, 2.05) is 0 Å². The molecule has 27 heavy (non-hydrogen) atoms. The lowest BCUT2D eigenvalue weighted by Crippen LogP contribution is -2.69. The van der Waals surface area contributed by atoms with Crippen molar-refractivity contribution in [3.8, 4) is 0 Å². The summed E-state index contributed by atoms with van der Waals surface area (Å²) in [5, 5.41) is 36.0. The van der Waals surface area contributed by atoms with Crippen molar-refractivity contribution in [3.05, 3.63) is 0 Å². The topological polar surface area (TPSA) is 234 Å². The molecule has 154 valence electrons. The van der Waals surface area contributed by atoms with Crippen molar-refractivity contribution in [2.24, 2.45) is 0 Å². The van der Waals surface area contributed by atoms with Gasteiger partial charge in [-0.25, -0.2) is 0 Å². The summed E-state index contributed by atoms with van der Waals surface area (Å²) in [6, 6.07) is -3.17. The molecule has 3 atom stereocenters. The summed E-state index contributed by atoms with van der Waals surface area (Å²) in [6.07, 6.45) is -0.325. The Kier molecular flexibility index (Phi) is 12.2. The number of rotatable bonds is 14. The number of hydrogen-bond donors (Lipinski definition) is 4. The predicted octanol–water partition coefficient (Wildman–Crippen LogP) is -7.78. The Hall–Kier alpha value is -2.03. The highest BCUT2D eigenvalue weighted by Crippen LogP contribution is 2.22. The van der Waals surface area contributed by atoms with Crippen LogP contribution in [-0.2, 0) is 24.0 Å². The van der Waals surface area contributed by atoms with Gasteiger partial charge in [-0.15, -0.1) is 0 Å². The highest BCUT2D eigenvalue weighted by atomic mass is 33.1. The molecule has 0 aliphatic rings. The molecule has 0 aromatic heterocycles. The van der Waals surface area contributed by atoms with Gasteiger partial charge in [0.05, 0.1) is 30.2 Å². The molecule has 12 nitrogen and oxygen atoms in total. The van der Waals surface area contributed by atoms with E-state index >= 15 is 0 Å². The number of aliphatic carboxylic acids is 3. The van der Waals surface area contributed by atoms with E-state index in [-0.39, 0.29) is 24.3 Å². The zero-order valence-electron chi connectivity index (χ0n) is 14.3. The minimum absolute atomic E-state index is 0.00332. The number of hydrogen-bond acceptors (Lipinski definition) is 10.